The molecule has 1 atom stereocenters. The van der Waals surface area contributed by atoms with Crippen molar-refractivity contribution < 1.29 is 18.0 Å². The Labute approximate surface area is 238 Å². The van der Waals surface area contributed by atoms with E-state index in [9.17, 15) is 18.0 Å². The van der Waals surface area contributed by atoms with Crippen molar-refractivity contribution in [1.82, 2.24) is 10.2 Å². The van der Waals surface area contributed by atoms with Gasteiger partial charge < -0.3 is 10.2 Å². The predicted octanol–water partition coefficient (Wildman–Crippen LogP) is 4.95. The van der Waals surface area contributed by atoms with E-state index in [1.165, 1.54) is 11.0 Å². The summed E-state index contributed by atoms with van der Waals surface area (Å²) in [4.78, 5) is 28.7. The Morgan fingerprint density at radius 2 is 1.66 bits per heavy atom. The fourth-order valence-corrected chi connectivity index (χ4v) is 5.26. The number of nitrogens with one attached hydrogen (secondary N) is 1. The van der Waals surface area contributed by atoms with Gasteiger partial charge in [-0.25, -0.2) is 8.42 Å². The van der Waals surface area contributed by atoms with Gasteiger partial charge in [-0.15, -0.1) is 0 Å². The first-order chi connectivity index (χ1) is 18.0. The molecule has 1 N–H and O–H groups in total. The molecule has 38 heavy (non-hydrogen) atoms. The molecule has 0 spiro atoms. The fourth-order valence-electron chi connectivity index (χ4n) is 3.98. The molecule has 3 aromatic carbocycles. The van der Waals surface area contributed by atoms with Crippen LogP contribution in [0.15, 0.2) is 77.3 Å². The zero-order valence-electron chi connectivity index (χ0n) is 21.5. The first-order valence-corrected chi connectivity index (χ1v) is 15.1. The van der Waals surface area contributed by atoms with E-state index in [0.29, 0.717) is 11.6 Å². The summed E-state index contributed by atoms with van der Waals surface area (Å²) in [5.41, 5.74) is 2.74. The number of hydrogen-bond acceptors (Lipinski definition) is 4. The van der Waals surface area contributed by atoms with E-state index in [1.54, 1.807) is 12.1 Å². The maximum absolute atomic E-state index is 13.9. The monoisotopic (exact) mass is 619 g/mol. The van der Waals surface area contributed by atoms with Gasteiger partial charge in [0, 0.05) is 29.0 Å². The van der Waals surface area contributed by atoms with Crippen LogP contribution in [0.2, 0.25) is 5.02 Å². The molecular weight excluding hydrogens is 590 g/mol. The van der Waals surface area contributed by atoms with E-state index in [4.69, 9.17) is 11.6 Å². The molecule has 0 fully saturated rings. The van der Waals surface area contributed by atoms with Crippen molar-refractivity contribution in [2.24, 2.45) is 0 Å². The Morgan fingerprint density at radius 3 is 2.24 bits per heavy atom. The number of hydrogen-bond donors (Lipinski definition) is 1. The molecule has 3 aromatic rings. The Kier molecular flexibility index (Phi) is 10.4. The predicted molar refractivity (Wildman–Crippen MR) is 156 cm³/mol. The van der Waals surface area contributed by atoms with Crippen LogP contribution in [0.3, 0.4) is 0 Å². The summed E-state index contributed by atoms with van der Waals surface area (Å²) in [6.45, 7) is 3.64. The second kappa shape index (κ2) is 13.3. The number of benzene rings is 3. The van der Waals surface area contributed by atoms with Crippen LogP contribution in [0.25, 0.3) is 0 Å². The van der Waals surface area contributed by atoms with Gasteiger partial charge in [0.15, 0.2) is 0 Å². The third-order valence-electron chi connectivity index (χ3n) is 6.01. The highest BCUT2D eigenvalue weighted by Crippen LogP contribution is 2.26. The second-order valence-corrected chi connectivity index (χ2v) is 12.2. The number of carbonyl (C=O) groups excluding carboxylic acids is 2. The van der Waals surface area contributed by atoms with E-state index < -0.39 is 28.5 Å². The smallest absolute Gasteiger partial charge is 0.244 e. The highest BCUT2D eigenvalue weighted by atomic mass is 79.9. The highest BCUT2D eigenvalue weighted by Gasteiger charge is 2.33. The summed E-state index contributed by atoms with van der Waals surface area (Å²) in [6, 6.07) is 20.8. The molecule has 3 rings (SSSR count). The molecule has 0 unspecified atom stereocenters. The van der Waals surface area contributed by atoms with Crippen molar-refractivity contribution in [2.45, 2.75) is 32.9 Å². The van der Waals surface area contributed by atoms with E-state index in [2.05, 4.69) is 21.2 Å². The van der Waals surface area contributed by atoms with Crippen molar-refractivity contribution >= 4 is 55.1 Å². The number of aryl methyl sites for hydroxylation is 1. The highest BCUT2D eigenvalue weighted by molar-refractivity contribution is 9.10. The summed E-state index contributed by atoms with van der Waals surface area (Å²) >= 11 is 9.69. The van der Waals surface area contributed by atoms with Crippen LogP contribution < -0.4 is 9.62 Å². The average Bonchev–Trinajstić information content (AvgIpc) is 2.87. The van der Waals surface area contributed by atoms with E-state index >= 15 is 0 Å². The lowest BCUT2D eigenvalue weighted by atomic mass is 10.0. The van der Waals surface area contributed by atoms with Gasteiger partial charge in [-0.3, -0.25) is 13.9 Å². The topological polar surface area (TPSA) is 86.8 Å². The van der Waals surface area contributed by atoms with Crippen molar-refractivity contribution in [3.63, 3.8) is 0 Å². The maximum Gasteiger partial charge on any atom is 0.244 e. The number of likely N-dealkylation sites (N-methyl/N-ethyl adjacent to an activating group) is 1. The summed E-state index contributed by atoms with van der Waals surface area (Å²) in [7, 11) is -3.85. The number of anilines is 1. The van der Waals surface area contributed by atoms with Gasteiger partial charge in [-0.2, -0.15) is 0 Å². The van der Waals surface area contributed by atoms with Crippen molar-refractivity contribution in [1.29, 1.82) is 0 Å². The number of halogens is 2. The summed E-state index contributed by atoms with van der Waals surface area (Å²) in [5, 5.41) is 3.22. The first kappa shape index (κ1) is 29.7. The second-order valence-electron chi connectivity index (χ2n) is 8.95. The van der Waals surface area contributed by atoms with Crippen LogP contribution in [0, 0.1) is 6.92 Å². The zero-order chi connectivity index (χ0) is 27.9. The summed E-state index contributed by atoms with van der Waals surface area (Å²) < 4.78 is 27.5. The molecule has 202 valence electrons. The summed E-state index contributed by atoms with van der Waals surface area (Å²) in [6.07, 6.45) is 1.31. The van der Waals surface area contributed by atoms with Crippen LogP contribution in [-0.4, -0.2) is 50.5 Å². The lowest BCUT2D eigenvalue weighted by molar-refractivity contribution is -0.140. The lowest BCUT2D eigenvalue weighted by Gasteiger charge is -2.33. The average molecular weight is 621 g/mol. The van der Waals surface area contributed by atoms with Crippen LogP contribution in [0.1, 0.15) is 23.6 Å². The molecule has 0 heterocycles. The molecule has 0 saturated carbocycles. The van der Waals surface area contributed by atoms with Crippen LogP contribution in [0.4, 0.5) is 5.69 Å². The molecule has 2 amide bonds. The molecule has 0 aromatic heterocycles. The molecule has 0 radical (unpaired) electrons. The Hall–Kier alpha value is -2.88. The van der Waals surface area contributed by atoms with Gasteiger partial charge in [-0.1, -0.05) is 76.1 Å². The first-order valence-electron chi connectivity index (χ1n) is 12.1. The third kappa shape index (κ3) is 8.06. The van der Waals surface area contributed by atoms with Crippen molar-refractivity contribution in [3.8, 4) is 0 Å². The lowest BCUT2D eigenvalue weighted by Crippen LogP contribution is -2.53. The molecule has 10 heteroatoms. The van der Waals surface area contributed by atoms with Gasteiger partial charge in [-0.05, 0) is 54.8 Å². The number of rotatable bonds is 11. The maximum atomic E-state index is 13.9. The van der Waals surface area contributed by atoms with E-state index in [-0.39, 0.29) is 24.6 Å². The van der Waals surface area contributed by atoms with E-state index in [0.717, 1.165) is 31.7 Å². The van der Waals surface area contributed by atoms with Crippen LogP contribution >= 0.6 is 27.5 Å². The Morgan fingerprint density at radius 1 is 1.00 bits per heavy atom. The number of amides is 2. The summed E-state index contributed by atoms with van der Waals surface area (Å²) in [5.74, 6) is -0.826. The standard InChI is InChI=1S/C28H31BrClN3O4S/c1-4-31-28(35)26(16-21-8-6-5-7-9-21)32(18-22-11-13-23(29)14-12-22)27(34)19-33(38(3,36)37)24-15-10-20(2)25(30)17-24/h5-15,17,26H,4,16,18-19H2,1-3H3,(H,31,35)/t26-/m1/s1. The van der Waals surface area contributed by atoms with Gasteiger partial charge in [0.05, 0.1) is 11.9 Å². The minimum absolute atomic E-state index is 0.118. The Bertz CT molecular complexity index is 1370. The van der Waals surface area contributed by atoms with Crippen molar-refractivity contribution in [3.05, 3.63) is 99.0 Å². The minimum atomic E-state index is -3.85. The van der Waals surface area contributed by atoms with Gasteiger partial charge >= 0.3 is 0 Å². The minimum Gasteiger partial charge on any atom is -0.355 e. The van der Waals surface area contributed by atoms with Gasteiger partial charge in [0.2, 0.25) is 21.8 Å². The SMILES string of the molecule is CCNC(=O)[C@@H](Cc1ccccc1)N(Cc1ccc(Br)cc1)C(=O)CN(c1ccc(C)c(Cl)c1)S(C)(=O)=O. The molecule has 0 aliphatic carbocycles. The number of sulfonamides is 1. The largest absolute Gasteiger partial charge is 0.355 e. The van der Waals surface area contributed by atoms with Crippen molar-refractivity contribution in [2.75, 3.05) is 23.7 Å². The molecule has 0 saturated heterocycles. The van der Waals surface area contributed by atoms with Gasteiger partial charge in [0.25, 0.3) is 0 Å². The van der Waals surface area contributed by atoms with E-state index in [1.807, 2.05) is 68.4 Å². The zero-order valence-corrected chi connectivity index (χ0v) is 24.7. The molecule has 0 aliphatic rings. The third-order valence-corrected chi connectivity index (χ3v) is 8.09. The van der Waals surface area contributed by atoms with Gasteiger partial charge in [0.1, 0.15) is 12.6 Å². The molecule has 0 aliphatic heterocycles. The molecule has 7 nitrogen and oxygen atoms in total. The quantitative estimate of drug-likeness (QED) is 0.329. The molecular formula is C28H31BrClN3O4S. The molecule has 0 bridgehead atoms. The normalized spacial score (nSPS) is 12.0. The number of carbonyl (C=O) groups is 2. The Balaban J connectivity index is 2.04. The number of nitrogens with zero attached hydrogens (tertiary/aromatic N) is 2. The van der Waals surface area contributed by atoms with Crippen LogP contribution in [-0.2, 0) is 32.6 Å². The van der Waals surface area contributed by atoms with Crippen LogP contribution in [0.5, 0.6) is 0 Å². The fraction of sp³-hybridized carbons (Fsp3) is 0.286.